The molecule has 122 valence electrons. The van der Waals surface area contributed by atoms with E-state index >= 15 is 0 Å². The standard InChI is InChI=1S/C19H12Br4O/c20-14-6-2-1-5-12(14)9-13-10-19(17(23)11-16(13)22)24-18-8-4-3-7-15(18)21/h1-8,10-11H,9H2. The maximum absolute atomic E-state index is 6.08. The lowest BCUT2D eigenvalue weighted by Crippen LogP contribution is -1.94. The Morgan fingerprint density at radius 3 is 1.96 bits per heavy atom. The predicted molar refractivity (Wildman–Crippen MR) is 113 cm³/mol. The van der Waals surface area contributed by atoms with E-state index < -0.39 is 0 Å². The fraction of sp³-hybridized carbons (Fsp3) is 0.0526. The molecule has 0 heterocycles. The van der Waals surface area contributed by atoms with Crippen LogP contribution in [0.1, 0.15) is 11.1 Å². The molecule has 0 spiro atoms. The van der Waals surface area contributed by atoms with Gasteiger partial charge in [0.15, 0.2) is 0 Å². The number of hydrogen-bond acceptors (Lipinski definition) is 1. The summed E-state index contributed by atoms with van der Waals surface area (Å²) >= 11 is 14.4. The first-order valence-electron chi connectivity index (χ1n) is 7.18. The van der Waals surface area contributed by atoms with Crippen LogP contribution in [0.15, 0.2) is 78.6 Å². The van der Waals surface area contributed by atoms with Crippen LogP contribution in [0.25, 0.3) is 0 Å². The van der Waals surface area contributed by atoms with Crippen LogP contribution >= 0.6 is 63.7 Å². The average molecular weight is 576 g/mol. The van der Waals surface area contributed by atoms with Gasteiger partial charge in [-0.3, -0.25) is 0 Å². The van der Waals surface area contributed by atoms with Gasteiger partial charge in [-0.15, -0.1) is 0 Å². The van der Waals surface area contributed by atoms with Crippen LogP contribution in [-0.2, 0) is 6.42 Å². The fourth-order valence-electron chi connectivity index (χ4n) is 2.28. The summed E-state index contributed by atoms with van der Waals surface area (Å²) in [5, 5.41) is 0. The van der Waals surface area contributed by atoms with Gasteiger partial charge in [-0.1, -0.05) is 62.2 Å². The minimum atomic E-state index is 0.784. The summed E-state index contributed by atoms with van der Waals surface area (Å²) in [6.07, 6.45) is 0.807. The number of ether oxygens (including phenoxy) is 1. The molecule has 3 rings (SSSR count). The van der Waals surface area contributed by atoms with Crippen LogP contribution in [0, 0.1) is 0 Å². The summed E-state index contributed by atoms with van der Waals surface area (Å²) in [6.45, 7) is 0. The molecule has 0 unspecified atom stereocenters. The first kappa shape index (κ1) is 18.2. The first-order chi connectivity index (χ1) is 11.5. The number of benzene rings is 3. The minimum Gasteiger partial charge on any atom is -0.455 e. The Morgan fingerprint density at radius 1 is 0.583 bits per heavy atom. The van der Waals surface area contributed by atoms with Crippen molar-refractivity contribution in [1.82, 2.24) is 0 Å². The molecule has 3 aromatic rings. The van der Waals surface area contributed by atoms with Crippen LogP contribution < -0.4 is 4.74 Å². The third kappa shape index (κ3) is 4.31. The molecule has 0 atom stereocenters. The number of halogens is 4. The molecule has 0 aliphatic carbocycles. The lowest BCUT2D eigenvalue weighted by Gasteiger charge is -2.13. The monoisotopic (exact) mass is 572 g/mol. The van der Waals surface area contributed by atoms with E-state index in [1.54, 1.807) is 0 Å². The summed E-state index contributed by atoms with van der Waals surface area (Å²) in [5.41, 5.74) is 2.39. The van der Waals surface area contributed by atoms with Crippen molar-refractivity contribution in [3.63, 3.8) is 0 Å². The molecule has 0 amide bonds. The highest BCUT2D eigenvalue weighted by Gasteiger charge is 2.12. The van der Waals surface area contributed by atoms with E-state index in [1.807, 2.05) is 42.5 Å². The third-order valence-electron chi connectivity index (χ3n) is 3.50. The van der Waals surface area contributed by atoms with Crippen molar-refractivity contribution in [3.8, 4) is 11.5 Å². The van der Waals surface area contributed by atoms with Gasteiger partial charge in [0, 0.05) is 8.95 Å². The number of para-hydroxylation sites is 1. The van der Waals surface area contributed by atoms with Crippen molar-refractivity contribution in [3.05, 3.63) is 89.7 Å². The van der Waals surface area contributed by atoms with Crippen LogP contribution in [-0.4, -0.2) is 0 Å². The largest absolute Gasteiger partial charge is 0.455 e. The normalized spacial score (nSPS) is 10.7. The molecule has 0 aliphatic heterocycles. The van der Waals surface area contributed by atoms with Crippen molar-refractivity contribution >= 4 is 63.7 Å². The molecule has 0 saturated carbocycles. The van der Waals surface area contributed by atoms with Crippen LogP contribution in [0.4, 0.5) is 0 Å². The molecule has 0 saturated heterocycles. The maximum Gasteiger partial charge on any atom is 0.142 e. The summed E-state index contributed by atoms with van der Waals surface area (Å²) in [5.74, 6) is 1.57. The van der Waals surface area contributed by atoms with Crippen LogP contribution in [0.2, 0.25) is 0 Å². The molecule has 24 heavy (non-hydrogen) atoms. The topological polar surface area (TPSA) is 9.23 Å². The van der Waals surface area contributed by atoms with Crippen molar-refractivity contribution in [2.45, 2.75) is 6.42 Å². The van der Waals surface area contributed by atoms with Crippen LogP contribution in [0.3, 0.4) is 0 Å². The lowest BCUT2D eigenvalue weighted by atomic mass is 10.0. The molecule has 0 radical (unpaired) electrons. The summed E-state index contributed by atoms with van der Waals surface area (Å²) < 4.78 is 10.1. The average Bonchev–Trinajstić information content (AvgIpc) is 2.56. The first-order valence-corrected chi connectivity index (χ1v) is 10.4. The van der Waals surface area contributed by atoms with Crippen LogP contribution in [0.5, 0.6) is 11.5 Å². The Kier molecular flexibility index (Phi) is 6.19. The van der Waals surface area contributed by atoms with E-state index in [0.717, 1.165) is 41.4 Å². The zero-order chi connectivity index (χ0) is 17.1. The Labute approximate surface area is 174 Å². The number of hydrogen-bond donors (Lipinski definition) is 0. The molecule has 0 bridgehead atoms. The van der Waals surface area contributed by atoms with Gasteiger partial charge in [-0.25, -0.2) is 0 Å². The molecule has 3 aromatic carbocycles. The highest BCUT2D eigenvalue weighted by atomic mass is 79.9. The fourth-order valence-corrected chi connectivity index (χ4v) is 4.28. The molecule has 0 aromatic heterocycles. The second kappa shape index (κ2) is 8.17. The second-order valence-electron chi connectivity index (χ2n) is 5.17. The van der Waals surface area contributed by atoms with Crippen molar-refractivity contribution in [1.29, 1.82) is 0 Å². The van der Waals surface area contributed by atoms with Crippen molar-refractivity contribution in [2.75, 3.05) is 0 Å². The van der Waals surface area contributed by atoms with E-state index in [1.165, 1.54) is 5.56 Å². The van der Waals surface area contributed by atoms with Gasteiger partial charge in [0.25, 0.3) is 0 Å². The molecular weight excluding hydrogens is 564 g/mol. The summed E-state index contributed by atoms with van der Waals surface area (Å²) in [4.78, 5) is 0. The van der Waals surface area contributed by atoms with E-state index in [-0.39, 0.29) is 0 Å². The Hall–Kier alpha value is -0.620. The lowest BCUT2D eigenvalue weighted by molar-refractivity contribution is 0.476. The van der Waals surface area contributed by atoms with E-state index in [9.17, 15) is 0 Å². The van der Waals surface area contributed by atoms with Gasteiger partial charge in [0.2, 0.25) is 0 Å². The quantitative estimate of drug-likeness (QED) is 0.305. The molecule has 0 N–H and O–H groups in total. The van der Waals surface area contributed by atoms with Gasteiger partial charge in [-0.2, -0.15) is 0 Å². The Bertz CT molecular complexity index is 808. The summed E-state index contributed by atoms with van der Waals surface area (Å²) in [6, 6.07) is 20.1. The zero-order valence-electron chi connectivity index (χ0n) is 12.4. The Morgan fingerprint density at radius 2 is 1.25 bits per heavy atom. The predicted octanol–water partition coefficient (Wildman–Crippen LogP) is 8.12. The molecule has 0 fully saturated rings. The van der Waals surface area contributed by atoms with E-state index in [2.05, 4.69) is 81.9 Å². The Balaban J connectivity index is 1.94. The smallest absolute Gasteiger partial charge is 0.142 e. The zero-order valence-corrected chi connectivity index (χ0v) is 18.7. The van der Waals surface area contributed by atoms with Crippen molar-refractivity contribution in [2.24, 2.45) is 0 Å². The van der Waals surface area contributed by atoms with Gasteiger partial charge in [-0.05, 0) is 79.7 Å². The molecule has 1 nitrogen and oxygen atoms in total. The molecule has 0 aliphatic rings. The molecule has 5 heteroatoms. The van der Waals surface area contributed by atoms with Gasteiger partial charge in [0.05, 0.1) is 8.95 Å². The number of rotatable bonds is 4. The highest BCUT2D eigenvalue weighted by Crippen LogP contribution is 2.38. The second-order valence-corrected chi connectivity index (χ2v) is 8.59. The molecular formula is C19H12Br4O. The van der Waals surface area contributed by atoms with Crippen molar-refractivity contribution < 1.29 is 4.74 Å². The third-order valence-corrected chi connectivity index (χ3v) is 6.28. The van der Waals surface area contributed by atoms with E-state index in [4.69, 9.17) is 4.74 Å². The highest BCUT2D eigenvalue weighted by molar-refractivity contribution is 9.11. The summed E-state index contributed by atoms with van der Waals surface area (Å²) in [7, 11) is 0. The van der Waals surface area contributed by atoms with Gasteiger partial charge in [0.1, 0.15) is 11.5 Å². The minimum absolute atomic E-state index is 0.784. The van der Waals surface area contributed by atoms with Gasteiger partial charge < -0.3 is 4.74 Å². The van der Waals surface area contributed by atoms with Gasteiger partial charge >= 0.3 is 0 Å². The SMILES string of the molecule is Brc1ccccc1Cc1cc(Oc2ccccc2Br)c(Br)cc1Br. The maximum atomic E-state index is 6.08. The van der Waals surface area contributed by atoms with E-state index in [0.29, 0.717) is 0 Å².